The van der Waals surface area contributed by atoms with Crippen LogP contribution >= 0.6 is 11.8 Å². The van der Waals surface area contributed by atoms with E-state index in [1.54, 1.807) is 0 Å². The molecule has 1 aliphatic heterocycles. The van der Waals surface area contributed by atoms with E-state index in [1.807, 2.05) is 30.3 Å². The number of alkyl halides is 3. The van der Waals surface area contributed by atoms with E-state index >= 15 is 0 Å². The minimum Gasteiger partial charge on any atom is -0.356 e. The molecule has 4 nitrogen and oxygen atoms in total. The smallest absolute Gasteiger partial charge is 0.356 e. The van der Waals surface area contributed by atoms with Gasteiger partial charge in [0.1, 0.15) is 0 Å². The highest BCUT2D eigenvalue weighted by atomic mass is 32.2. The highest BCUT2D eigenvalue weighted by Gasteiger charge is 2.34. The molecule has 3 rings (SSSR count). The number of hydrogen-bond acceptors (Lipinski definition) is 3. The summed E-state index contributed by atoms with van der Waals surface area (Å²) in [6.45, 7) is 0.452. The van der Waals surface area contributed by atoms with Crippen molar-refractivity contribution in [1.82, 2.24) is 5.32 Å². The molecule has 1 atom stereocenters. The van der Waals surface area contributed by atoms with Gasteiger partial charge in [0.15, 0.2) is 0 Å². The van der Waals surface area contributed by atoms with Gasteiger partial charge in [0.25, 0.3) is 0 Å². The average molecular weight is 394 g/mol. The Balaban J connectivity index is 1.55. The second-order valence-electron chi connectivity index (χ2n) is 6.09. The molecule has 1 aliphatic rings. The van der Waals surface area contributed by atoms with Gasteiger partial charge >= 0.3 is 6.18 Å². The van der Waals surface area contributed by atoms with Crippen molar-refractivity contribution in [2.24, 2.45) is 0 Å². The fourth-order valence-electron chi connectivity index (χ4n) is 2.69. The predicted octanol–water partition coefficient (Wildman–Crippen LogP) is 3.87. The van der Waals surface area contributed by atoms with Gasteiger partial charge in [0, 0.05) is 17.9 Å². The number of hydrogen-bond donors (Lipinski definition) is 2. The van der Waals surface area contributed by atoms with Gasteiger partial charge in [0.05, 0.1) is 16.5 Å². The number of amides is 2. The lowest BCUT2D eigenvalue weighted by atomic mass is 10.1. The predicted molar refractivity (Wildman–Crippen MR) is 97.5 cm³/mol. The lowest BCUT2D eigenvalue weighted by Gasteiger charge is -2.24. The Morgan fingerprint density at radius 2 is 1.89 bits per heavy atom. The quantitative estimate of drug-likeness (QED) is 0.810. The number of halogens is 3. The number of thioether (sulfide) groups is 1. The second-order valence-corrected chi connectivity index (χ2v) is 7.34. The minimum atomic E-state index is -4.47. The summed E-state index contributed by atoms with van der Waals surface area (Å²) in [5.74, 6) is -0.737. The molecule has 142 valence electrons. The Bertz CT molecular complexity index is 841. The highest BCUT2D eigenvalue weighted by Crippen LogP contribution is 2.40. The van der Waals surface area contributed by atoms with Crippen LogP contribution in [0.1, 0.15) is 17.5 Å². The van der Waals surface area contributed by atoms with Crippen molar-refractivity contribution in [3.05, 3.63) is 59.7 Å². The van der Waals surface area contributed by atoms with E-state index in [0.717, 1.165) is 29.5 Å². The molecule has 0 spiro atoms. The van der Waals surface area contributed by atoms with Crippen molar-refractivity contribution >= 4 is 29.3 Å². The average Bonchev–Trinajstić information content (AvgIpc) is 2.62. The molecule has 0 aromatic heterocycles. The zero-order valence-electron chi connectivity index (χ0n) is 14.2. The van der Waals surface area contributed by atoms with E-state index in [1.165, 1.54) is 6.07 Å². The largest absolute Gasteiger partial charge is 0.416 e. The van der Waals surface area contributed by atoms with Crippen molar-refractivity contribution in [3.8, 4) is 0 Å². The van der Waals surface area contributed by atoms with Gasteiger partial charge in [-0.1, -0.05) is 30.3 Å². The first-order chi connectivity index (χ1) is 12.8. The van der Waals surface area contributed by atoms with E-state index in [-0.39, 0.29) is 18.0 Å². The van der Waals surface area contributed by atoms with Crippen molar-refractivity contribution in [2.75, 3.05) is 11.9 Å². The number of nitrogens with one attached hydrogen (secondary N) is 2. The van der Waals surface area contributed by atoms with Gasteiger partial charge in [-0.05, 0) is 30.2 Å². The van der Waals surface area contributed by atoms with Gasteiger partial charge in [-0.25, -0.2) is 0 Å². The van der Waals surface area contributed by atoms with E-state index in [9.17, 15) is 22.8 Å². The maximum Gasteiger partial charge on any atom is 0.416 e. The summed E-state index contributed by atoms with van der Waals surface area (Å²) in [6, 6.07) is 12.9. The van der Waals surface area contributed by atoms with Crippen LogP contribution in [0.2, 0.25) is 0 Å². The fourth-order valence-corrected chi connectivity index (χ4v) is 3.78. The fraction of sp³-hybridized carbons (Fsp3) is 0.263. The first-order valence-corrected chi connectivity index (χ1v) is 9.20. The second kappa shape index (κ2) is 8.04. The highest BCUT2D eigenvalue weighted by molar-refractivity contribution is 8.01. The zero-order chi connectivity index (χ0) is 19.4. The molecule has 1 heterocycles. The molecule has 0 bridgehead atoms. The molecule has 0 saturated carbocycles. The molecule has 2 amide bonds. The maximum atomic E-state index is 12.8. The van der Waals surface area contributed by atoms with Crippen LogP contribution in [-0.2, 0) is 22.2 Å². The van der Waals surface area contributed by atoms with Crippen molar-refractivity contribution < 1.29 is 22.8 Å². The number of carbonyl (C=O) groups excluding carboxylic acids is 2. The molecule has 2 N–H and O–H groups in total. The Kier molecular flexibility index (Phi) is 5.74. The van der Waals surface area contributed by atoms with Crippen molar-refractivity contribution in [3.63, 3.8) is 0 Å². The third-order valence-corrected chi connectivity index (χ3v) is 5.35. The molecule has 0 radical (unpaired) electrons. The lowest BCUT2D eigenvalue weighted by molar-refractivity contribution is -0.137. The van der Waals surface area contributed by atoms with Crippen LogP contribution in [0.4, 0.5) is 18.9 Å². The maximum absolute atomic E-state index is 12.8. The molecular formula is C19H17F3N2O2S. The van der Waals surface area contributed by atoms with Crippen molar-refractivity contribution in [1.29, 1.82) is 0 Å². The molecular weight excluding hydrogens is 377 g/mol. The summed E-state index contributed by atoms with van der Waals surface area (Å²) >= 11 is 1.10. The summed E-state index contributed by atoms with van der Waals surface area (Å²) in [6.07, 6.45) is -3.83. The Morgan fingerprint density at radius 1 is 1.15 bits per heavy atom. The van der Waals surface area contributed by atoms with Crippen LogP contribution < -0.4 is 10.6 Å². The summed E-state index contributed by atoms with van der Waals surface area (Å²) in [5, 5.41) is 4.57. The van der Waals surface area contributed by atoms with E-state index in [4.69, 9.17) is 0 Å². The first kappa shape index (κ1) is 19.3. The molecule has 2 aromatic carbocycles. The summed E-state index contributed by atoms with van der Waals surface area (Å²) < 4.78 is 38.3. The van der Waals surface area contributed by atoms with E-state index in [2.05, 4.69) is 10.6 Å². The standard InChI is InChI=1S/C19H17F3N2O2S/c20-19(21,22)13-6-7-15-14(10-13)24-18(26)16(27-15)11-17(25)23-9-8-12-4-2-1-3-5-12/h1-7,10,16H,8-9,11H2,(H,23,25)(H,24,26)/t16-/m0/s1. The van der Waals surface area contributed by atoms with Gasteiger partial charge in [0.2, 0.25) is 11.8 Å². The third-order valence-electron chi connectivity index (χ3n) is 4.08. The molecule has 0 unspecified atom stereocenters. The van der Waals surface area contributed by atoms with E-state index in [0.29, 0.717) is 17.9 Å². The molecule has 27 heavy (non-hydrogen) atoms. The van der Waals surface area contributed by atoms with Crippen LogP contribution in [0.5, 0.6) is 0 Å². The first-order valence-electron chi connectivity index (χ1n) is 8.32. The SMILES string of the molecule is O=C(C[C@@H]1Sc2ccc(C(F)(F)F)cc2NC1=O)NCCc1ccccc1. The summed E-state index contributed by atoms with van der Waals surface area (Å²) in [4.78, 5) is 24.8. The number of anilines is 1. The Hall–Kier alpha value is -2.48. The number of carbonyl (C=O) groups is 2. The Morgan fingerprint density at radius 3 is 2.59 bits per heavy atom. The topological polar surface area (TPSA) is 58.2 Å². The number of fused-ring (bicyclic) bond motifs is 1. The number of rotatable bonds is 5. The summed E-state index contributed by atoms with van der Waals surface area (Å²) in [5.41, 5.74) is 0.400. The number of benzene rings is 2. The molecule has 0 aliphatic carbocycles. The van der Waals surface area contributed by atoms with Gasteiger partial charge in [-0.3, -0.25) is 9.59 Å². The molecule has 2 aromatic rings. The minimum absolute atomic E-state index is 0.0360. The zero-order valence-corrected chi connectivity index (χ0v) is 15.0. The molecule has 8 heteroatoms. The van der Waals surface area contributed by atoms with Gasteiger partial charge in [-0.2, -0.15) is 13.2 Å². The van der Waals surface area contributed by atoms with Gasteiger partial charge < -0.3 is 10.6 Å². The lowest BCUT2D eigenvalue weighted by Crippen LogP contribution is -2.35. The third kappa shape index (κ3) is 5.03. The summed E-state index contributed by atoms with van der Waals surface area (Å²) in [7, 11) is 0. The van der Waals surface area contributed by atoms with E-state index < -0.39 is 22.9 Å². The van der Waals surface area contributed by atoms with Crippen LogP contribution in [0.15, 0.2) is 53.4 Å². The Labute approximate surface area is 158 Å². The monoisotopic (exact) mass is 394 g/mol. The molecule has 0 fully saturated rings. The van der Waals surface area contributed by atoms with Crippen LogP contribution in [0.3, 0.4) is 0 Å². The van der Waals surface area contributed by atoms with Gasteiger partial charge in [-0.15, -0.1) is 11.8 Å². The molecule has 0 saturated heterocycles. The van der Waals surface area contributed by atoms with Crippen LogP contribution in [0, 0.1) is 0 Å². The van der Waals surface area contributed by atoms with Crippen LogP contribution in [-0.4, -0.2) is 23.6 Å². The normalized spacial score (nSPS) is 16.4. The van der Waals surface area contributed by atoms with Crippen LogP contribution in [0.25, 0.3) is 0 Å². The van der Waals surface area contributed by atoms with Crippen molar-refractivity contribution in [2.45, 2.75) is 29.2 Å².